The number of sulfonamides is 1. The second kappa shape index (κ2) is 6.31. The van der Waals surface area contributed by atoms with Crippen molar-refractivity contribution in [2.75, 3.05) is 19.8 Å². The van der Waals surface area contributed by atoms with E-state index in [2.05, 4.69) is 4.72 Å². The molecule has 1 aromatic rings. The molecular weight excluding hydrogens is 294 g/mol. The SMILES string of the molecule is CCOc1ccc(S(=O)(=O)NC2(C)CCOC2)cc1CO. The Balaban J connectivity index is 2.27. The summed E-state index contributed by atoms with van der Waals surface area (Å²) in [6.07, 6.45) is 0.635. The predicted molar refractivity (Wildman–Crippen MR) is 77.7 cm³/mol. The minimum Gasteiger partial charge on any atom is -0.494 e. The van der Waals surface area contributed by atoms with Gasteiger partial charge in [0, 0.05) is 12.2 Å². The summed E-state index contributed by atoms with van der Waals surface area (Å²) in [7, 11) is -3.66. The van der Waals surface area contributed by atoms with Crippen LogP contribution in [0.2, 0.25) is 0 Å². The Hall–Kier alpha value is -1.15. The summed E-state index contributed by atoms with van der Waals surface area (Å²) in [6.45, 7) is 4.72. The number of ether oxygens (including phenoxy) is 2. The van der Waals surface area contributed by atoms with Crippen molar-refractivity contribution in [2.24, 2.45) is 0 Å². The molecule has 118 valence electrons. The van der Waals surface area contributed by atoms with E-state index in [0.29, 0.717) is 37.6 Å². The molecule has 0 amide bonds. The Morgan fingerprint density at radius 1 is 1.48 bits per heavy atom. The minimum atomic E-state index is -3.66. The number of hydrogen-bond acceptors (Lipinski definition) is 5. The molecule has 0 aliphatic carbocycles. The van der Waals surface area contributed by atoms with Gasteiger partial charge in [0.1, 0.15) is 5.75 Å². The quantitative estimate of drug-likeness (QED) is 0.819. The topological polar surface area (TPSA) is 84.9 Å². The molecule has 7 heteroatoms. The van der Waals surface area contributed by atoms with Crippen molar-refractivity contribution in [1.29, 1.82) is 0 Å². The number of rotatable bonds is 6. The summed E-state index contributed by atoms with van der Waals surface area (Å²) < 4.78 is 38.2. The molecule has 0 saturated carbocycles. The second-order valence-corrected chi connectivity index (χ2v) is 7.01. The van der Waals surface area contributed by atoms with Crippen LogP contribution in [-0.2, 0) is 21.4 Å². The second-order valence-electron chi connectivity index (χ2n) is 5.33. The summed E-state index contributed by atoms with van der Waals surface area (Å²) in [5.41, 5.74) is -0.135. The summed E-state index contributed by atoms with van der Waals surface area (Å²) >= 11 is 0. The van der Waals surface area contributed by atoms with Gasteiger partial charge >= 0.3 is 0 Å². The molecule has 21 heavy (non-hydrogen) atoms. The lowest BCUT2D eigenvalue weighted by atomic mass is 10.0. The maximum absolute atomic E-state index is 12.4. The molecule has 1 unspecified atom stereocenters. The zero-order chi connectivity index (χ0) is 15.5. The molecule has 0 radical (unpaired) electrons. The average molecular weight is 315 g/mol. The molecule has 2 rings (SSSR count). The van der Waals surface area contributed by atoms with Crippen molar-refractivity contribution in [2.45, 2.75) is 37.3 Å². The zero-order valence-electron chi connectivity index (χ0n) is 12.3. The van der Waals surface area contributed by atoms with Gasteiger partial charge in [-0.1, -0.05) is 0 Å². The summed E-state index contributed by atoms with van der Waals surface area (Å²) in [5.74, 6) is 0.495. The molecule has 6 nitrogen and oxygen atoms in total. The van der Waals surface area contributed by atoms with Crippen molar-refractivity contribution < 1.29 is 23.0 Å². The highest BCUT2D eigenvalue weighted by Crippen LogP contribution is 2.25. The van der Waals surface area contributed by atoms with Crippen LogP contribution in [0, 0.1) is 0 Å². The summed E-state index contributed by atoms with van der Waals surface area (Å²) in [6, 6.07) is 4.48. The van der Waals surface area contributed by atoms with Gasteiger partial charge in [-0.25, -0.2) is 13.1 Å². The standard InChI is InChI=1S/C14H21NO5S/c1-3-20-13-5-4-12(8-11(13)9-16)21(17,18)15-14(2)6-7-19-10-14/h4-5,8,15-16H,3,6-7,9-10H2,1-2H3. The average Bonchev–Trinajstić information content (AvgIpc) is 2.84. The van der Waals surface area contributed by atoms with Gasteiger partial charge in [0.2, 0.25) is 10.0 Å². The first-order valence-electron chi connectivity index (χ1n) is 6.88. The normalized spacial score (nSPS) is 22.4. The van der Waals surface area contributed by atoms with E-state index in [9.17, 15) is 13.5 Å². The third-order valence-electron chi connectivity index (χ3n) is 3.41. The van der Waals surface area contributed by atoms with E-state index in [1.807, 2.05) is 13.8 Å². The van der Waals surface area contributed by atoms with Crippen LogP contribution in [0.1, 0.15) is 25.8 Å². The van der Waals surface area contributed by atoms with E-state index in [0.717, 1.165) is 0 Å². The van der Waals surface area contributed by atoms with Crippen LogP contribution in [0.5, 0.6) is 5.75 Å². The molecule has 1 aliphatic rings. The first kappa shape index (κ1) is 16.2. The largest absolute Gasteiger partial charge is 0.494 e. The predicted octanol–water partition coefficient (Wildman–Crippen LogP) is 1.03. The Morgan fingerprint density at radius 2 is 2.24 bits per heavy atom. The lowest BCUT2D eigenvalue weighted by Crippen LogP contribution is -2.46. The van der Waals surface area contributed by atoms with Gasteiger partial charge in [-0.05, 0) is 38.5 Å². The van der Waals surface area contributed by atoms with Crippen LogP contribution >= 0.6 is 0 Å². The number of aliphatic hydroxyl groups is 1. The molecule has 1 aromatic carbocycles. The first-order chi connectivity index (χ1) is 9.90. The molecule has 0 aromatic heterocycles. The van der Waals surface area contributed by atoms with Crippen molar-refractivity contribution in [3.8, 4) is 5.75 Å². The van der Waals surface area contributed by atoms with Crippen molar-refractivity contribution in [3.05, 3.63) is 23.8 Å². The molecule has 2 N–H and O–H groups in total. The Kier molecular flexibility index (Phi) is 4.88. The van der Waals surface area contributed by atoms with Crippen LogP contribution in [0.15, 0.2) is 23.1 Å². The molecular formula is C14H21NO5S. The van der Waals surface area contributed by atoms with Gasteiger partial charge in [-0.15, -0.1) is 0 Å². The van der Waals surface area contributed by atoms with E-state index >= 15 is 0 Å². The fourth-order valence-corrected chi connectivity index (χ4v) is 3.75. The highest BCUT2D eigenvalue weighted by molar-refractivity contribution is 7.89. The third kappa shape index (κ3) is 3.74. The highest BCUT2D eigenvalue weighted by Gasteiger charge is 2.34. The van der Waals surface area contributed by atoms with E-state index in [-0.39, 0.29) is 11.5 Å². The van der Waals surface area contributed by atoms with Crippen LogP contribution in [-0.4, -0.2) is 38.9 Å². The van der Waals surface area contributed by atoms with Crippen molar-refractivity contribution in [1.82, 2.24) is 4.72 Å². The van der Waals surface area contributed by atoms with Crippen LogP contribution < -0.4 is 9.46 Å². The lowest BCUT2D eigenvalue weighted by molar-refractivity contribution is 0.178. The number of aliphatic hydroxyl groups excluding tert-OH is 1. The van der Waals surface area contributed by atoms with Gasteiger partial charge in [0.25, 0.3) is 0 Å². The van der Waals surface area contributed by atoms with Crippen molar-refractivity contribution in [3.63, 3.8) is 0 Å². The third-order valence-corrected chi connectivity index (χ3v) is 5.05. The monoisotopic (exact) mass is 315 g/mol. The molecule has 1 heterocycles. The van der Waals surface area contributed by atoms with E-state index in [1.165, 1.54) is 12.1 Å². The lowest BCUT2D eigenvalue weighted by Gasteiger charge is -2.23. The molecule has 1 aliphatic heterocycles. The molecule has 0 bridgehead atoms. The van der Waals surface area contributed by atoms with E-state index < -0.39 is 15.6 Å². The van der Waals surface area contributed by atoms with Crippen LogP contribution in [0.3, 0.4) is 0 Å². The summed E-state index contributed by atoms with van der Waals surface area (Å²) in [4.78, 5) is 0.114. The highest BCUT2D eigenvalue weighted by atomic mass is 32.2. The molecule has 0 spiro atoms. The zero-order valence-corrected chi connectivity index (χ0v) is 13.1. The Labute approximate surface area is 125 Å². The van der Waals surface area contributed by atoms with Crippen molar-refractivity contribution >= 4 is 10.0 Å². The first-order valence-corrected chi connectivity index (χ1v) is 8.37. The fraction of sp³-hybridized carbons (Fsp3) is 0.571. The molecule has 1 fully saturated rings. The smallest absolute Gasteiger partial charge is 0.241 e. The minimum absolute atomic E-state index is 0.114. The van der Waals surface area contributed by atoms with Gasteiger partial charge in [-0.2, -0.15) is 0 Å². The number of nitrogens with one attached hydrogen (secondary N) is 1. The number of benzene rings is 1. The number of hydrogen-bond donors (Lipinski definition) is 2. The summed E-state index contributed by atoms with van der Waals surface area (Å²) in [5, 5.41) is 9.35. The van der Waals surface area contributed by atoms with Gasteiger partial charge in [-0.3, -0.25) is 0 Å². The van der Waals surface area contributed by atoms with Crippen LogP contribution in [0.25, 0.3) is 0 Å². The van der Waals surface area contributed by atoms with Gasteiger partial charge in [0.15, 0.2) is 0 Å². The Morgan fingerprint density at radius 3 is 2.81 bits per heavy atom. The maximum atomic E-state index is 12.4. The fourth-order valence-electron chi connectivity index (χ4n) is 2.27. The Bertz CT molecular complexity index is 593. The maximum Gasteiger partial charge on any atom is 0.241 e. The molecule has 1 atom stereocenters. The van der Waals surface area contributed by atoms with E-state index in [1.54, 1.807) is 6.07 Å². The molecule has 1 saturated heterocycles. The van der Waals surface area contributed by atoms with Crippen LogP contribution in [0.4, 0.5) is 0 Å². The van der Waals surface area contributed by atoms with Gasteiger partial charge < -0.3 is 14.6 Å². The van der Waals surface area contributed by atoms with Gasteiger partial charge in [0.05, 0.1) is 30.3 Å². The van der Waals surface area contributed by atoms with E-state index in [4.69, 9.17) is 9.47 Å².